The van der Waals surface area contributed by atoms with Crippen molar-refractivity contribution in [1.82, 2.24) is 14.5 Å². The van der Waals surface area contributed by atoms with Crippen LogP contribution in [0.25, 0.3) is 10.9 Å². The van der Waals surface area contributed by atoms with Crippen LogP contribution in [0.4, 0.5) is 4.39 Å². The van der Waals surface area contributed by atoms with Gasteiger partial charge < -0.3 is 14.6 Å². The van der Waals surface area contributed by atoms with Crippen LogP contribution >= 0.6 is 12.2 Å². The molecule has 2 aromatic carbocycles. The first kappa shape index (κ1) is 20.5. The number of rotatable bonds is 7. The lowest BCUT2D eigenvalue weighted by atomic mass is 10.1. The van der Waals surface area contributed by atoms with E-state index in [0.29, 0.717) is 23.0 Å². The average molecular weight is 413 g/mol. The number of nitrogens with zero attached hydrogens (tertiary/aromatic N) is 2. The highest BCUT2D eigenvalue weighted by atomic mass is 32.1. The third kappa shape index (κ3) is 4.43. The van der Waals surface area contributed by atoms with Gasteiger partial charge in [0.2, 0.25) is 0 Å². The molecule has 0 saturated carbocycles. The number of hydrogen-bond acceptors (Lipinski definition) is 4. The second kappa shape index (κ2) is 8.83. The molecule has 0 bridgehead atoms. The lowest BCUT2D eigenvalue weighted by Crippen LogP contribution is -2.31. The van der Waals surface area contributed by atoms with Crippen LogP contribution in [0.15, 0.2) is 59.9 Å². The van der Waals surface area contributed by atoms with Gasteiger partial charge in [-0.05, 0) is 42.5 Å². The van der Waals surface area contributed by atoms with E-state index in [9.17, 15) is 14.0 Å². The number of aromatic amines is 1. The summed E-state index contributed by atoms with van der Waals surface area (Å²) in [6.07, 6.45) is 1.59. The van der Waals surface area contributed by atoms with Crippen molar-refractivity contribution >= 4 is 29.0 Å². The van der Waals surface area contributed by atoms with E-state index in [4.69, 9.17) is 17.0 Å². The minimum Gasteiger partial charge on any atom is -0.489 e. The molecule has 0 aliphatic rings. The Hall–Kier alpha value is -3.26. The Morgan fingerprint density at radius 3 is 2.83 bits per heavy atom. The lowest BCUT2D eigenvalue weighted by molar-refractivity contribution is 0.0773. The summed E-state index contributed by atoms with van der Waals surface area (Å²) in [5.41, 5.74) is 0.647. The molecule has 3 aromatic rings. The Bertz CT molecular complexity index is 1190. The van der Waals surface area contributed by atoms with Crippen molar-refractivity contribution in [2.45, 2.75) is 6.54 Å². The molecule has 6 nitrogen and oxygen atoms in total. The monoisotopic (exact) mass is 413 g/mol. The second-order valence-electron chi connectivity index (χ2n) is 6.40. The quantitative estimate of drug-likeness (QED) is 0.475. The molecule has 1 amide bonds. The molecule has 1 heterocycles. The van der Waals surface area contributed by atoms with Crippen molar-refractivity contribution in [3.63, 3.8) is 0 Å². The van der Waals surface area contributed by atoms with Gasteiger partial charge in [0.1, 0.15) is 6.61 Å². The molecule has 1 N–H and O–H groups in total. The summed E-state index contributed by atoms with van der Waals surface area (Å²) in [5.74, 6) is -0.561. The average Bonchev–Trinajstić information content (AvgIpc) is 2.71. The third-order valence-corrected chi connectivity index (χ3v) is 4.73. The van der Waals surface area contributed by atoms with E-state index in [1.54, 1.807) is 43.5 Å². The van der Waals surface area contributed by atoms with Gasteiger partial charge in [-0.15, -0.1) is 6.58 Å². The number of amides is 1. The largest absolute Gasteiger partial charge is 0.489 e. The molecule has 0 aliphatic carbocycles. The summed E-state index contributed by atoms with van der Waals surface area (Å²) in [6, 6.07) is 10.9. The van der Waals surface area contributed by atoms with E-state index < -0.39 is 5.82 Å². The van der Waals surface area contributed by atoms with Crippen LogP contribution in [0, 0.1) is 10.6 Å². The molecule has 0 atom stereocenters. The normalized spacial score (nSPS) is 10.7. The molecule has 8 heteroatoms. The molecule has 0 spiro atoms. The van der Waals surface area contributed by atoms with Gasteiger partial charge in [0.15, 0.2) is 16.3 Å². The number of fused-ring (bicyclic) bond motifs is 1. The Labute approximate surface area is 171 Å². The zero-order chi connectivity index (χ0) is 21.0. The Kier molecular flexibility index (Phi) is 6.23. The van der Waals surface area contributed by atoms with Gasteiger partial charge in [-0.1, -0.05) is 18.2 Å². The van der Waals surface area contributed by atoms with Crippen molar-refractivity contribution in [2.75, 3.05) is 20.2 Å². The first-order chi connectivity index (χ1) is 13.9. The van der Waals surface area contributed by atoms with E-state index >= 15 is 0 Å². The van der Waals surface area contributed by atoms with Crippen molar-refractivity contribution in [2.24, 2.45) is 0 Å². The number of nitrogens with one attached hydrogen (secondary N) is 1. The SMILES string of the molecule is C=CCn1c(=S)[nH]c2cc(C(=O)N(C)CCOc3ccccc3F)ccc2c1=O. The molecule has 0 fully saturated rings. The van der Waals surface area contributed by atoms with Crippen LogP contribution in [0.3, 0.4) is 0 Å². The van der Waals surface area contributed by atoms with E-state index in [1.807, 2.05) is 0 Å². The predicted molar refractivity (Wildman–Crippen MR) is 112 cm³/mol. The summed E-state index contributed by atoms with van der Waals surface area (Å²) in [5, 5.41) is 0.433. The van der Waals surface area contributed by atoms with Crippen molar-refractivity contribution in [3.05, 3.63) is 81.6 Å². The van der Waals surface area contributed by atoms with Gasteiger partial charge in [-0.2, -0.15) is 0 Å². The lowest BCUT2D eigenvalue weighted by Gasteiger charge is -2.18. The fourth-order valence-corrected chi connectivity index (χ4v) is 3.13. The zero-order valence-electron chi connectivity index (χ0n) is 15.9. The van der Waals surface area contributed by atoms with Crippen LogP contribution in [0.2, 0.25) is 0 Å². The highest BCUT2D eigenvalue weighted by molar-refractivity contribution is 7.71. The van der Waals surface area contributed by atoms with Crippen LogP contribution in [-0.2, 0) is 6.54 Å². The maximum Gasteiger partial charge on any atom is 0.262 e. The van der Waals surface area contributed by atoms with Crippen molar-refractivity contribution < 1.29 is 13.9 Å². The zero-order valence-corrected chi connectivity index (χ0v) is 16.7. The Morgan fingerprint density at radius 2 is 2.10 bits per heavy atom. The summed E-state index contributed by atoms with van der Waals surface area (Å²) >= 11 is 5.22. The van der Waals surface area contributed by atoms with E-state index in [-0.39, 0.29) is 35.1 Å². The highest BCUT2D eigenvalue weighted by Gasteiger charge is 2.14. The van der Waals surface area contributed by atoms with Gasteiger partial charge in [0, 0.05) is 19.2 Å². The minimum atomic E-state index is -0.451. The van der Waals surface area contributed by atoms with Gasteiger partial charge in [0.25, 0.3) is 11.5 Å². The molecule has 0 unspecified atom stereocenters. The number of hydrogen-bond donors (Lipinski definition) is 1. The second-order valence-corrected chi connectivity index (χ2v) is 6.79. The Balaban J connectivity index is 1.75. The summed E-state index contributed by atoms with van der Waals surface area (Å²) in [6.45, 7) is 4.33. The number of ether oxygens (including phenoxy) is 1. The maximum absolute atomic E-state index is 13.6. The van der Waals surface area contributed by atoms with E-state index in [0.717, 1.165) is 0 Å². The molecule has 0 saturated heterocycles. The number of H-pyrrole nitrogens is 1. The molecular weight excluding hydrogens is 393 g/mol. The fraction of sp³-hybridized carbons (Fsp3) is 0.190. The van der Waals surface area contributed by atoms with Gasteiger partial charge >= 0.3 is 0 Å². The number of benzene rings is 2. The standard InChI is InChI=1S/C21H20FN3O3S/c1-3-10-25-20(27)15-9-8-14(13-17(15)23-21(25)29)19(26)24(2)11-12-28-18-7-5-4-6-16(18)22/h3-9,13H,1,10-12H2,2H3,(H,23,29). The number of halogens is 1. The van der Waals surface area contributed by atoms with Crippen molar-refractivity contribution in [3.8, 4) is 5.75 Å². The molecule has 0 radical (unpaired) electrons. The molecule has 150 valence electrons. The fourth-order valence-electron chi connectivity index (χ4n) is 2.86. The molecule has 29 heavy (non-hydrogen) atoms. The number of carbonyl (C=O) groups excluding carboxylic acids is 1. The Morgan fingerprint density at radius 1 is 1.34 bits per heavy atom. The highest BCUT2D eigenvalue weighted by Crippen LogP contribution is 2.16. The van der Waals surface area contributed by atoms with Crippen molar-refractivity contribution in [1.29, 1.82) is 0 Å². The molecule has 1 aromatic heterocycles. The molecule has 3 rings (SSSR count). The number of para-hydroxylation sites is 1. The smallest absolute Gasteiger partial charge is 0.262 e. The first-order valence-corrected chi connectivity index (χ1v) is 9.33. The van der Waals surface area contributed by atoms with Gasteiger partial charge in [0.05, 0.1) is 17.4 Å². The summed E-state index contributed by atoms with van der Waals surface area (Å²) in [4.78, 5) is 29.7. The predicted octanol–water partition coefficient (Wildman–Crippen LogP) is 3.54. The van der Waals surface area contributed by atoms with Crippen LogP contribution in [0.5, 0.6) is 5.75 Å². The molecular formula is C21H20FN3O3S. The minimum absolute atomic E-state index is 0.141. The maximum atomic E-state index is 13.6. The van der Waals surface area contributed by atoms with Gasteiger partial charge in [-0.3, -0.25) is 14.2 Å². The first-order valence-electron chi connectivity index (χ1n) is 8.93. The van der Waals surface area contributed by atoms with Crippen LogP contribution in [-0.4, -0.2) is 40.6 Å². The van der Waals surface area contributed by atoms with E-state index in [2.05, 4.69) is 11.6 Å². The third-order valence-electron chi connectivity index (χ3n) is 4.41. The number of carbonyl (C=O) groups is 1. The van der Waals surface area contributed by atoms with Crippen LogP contribution < -0.4 is 10.3 Å². The van der Waals surface area contributed by atoms with Gasteiger partial charge in [-0.25, -0.2) is 4.39 Å². The number of likely N-dealkylation sites (N-methyl/N-ethyl adjacent to an activating group) is 1. The molecule has 0 aliphatic heterocycles. The summed E-state index contributed by atoms with van der Waals surface area (Å²) < 4.78 is 20.6. The topological polar surface area (TPSA) is 67.3 Å². The number of allylic oxidation sites excluding steroid dienone is 1. The van der Waals surface area contributed by atoms with Crippen LogP contribution in [0.1, 0.15) is 10.4 Å². The van der Waals surface area contributed by atoms with E-state index in [1.165, 1.54) is 21.6 Å². The number of aromatic nitrogens is 2. The summed E-state index contributed by atoms with van der Waals surface area (Å²) in [7, 11) is 1.63.